The molecule has 2 N–H and O–H groups in total. The molecule has 128 valence electrons. The predicted octanol–water partition coefficient (Wildman–Crippen LogP) is 3.46. The van der Waals surface area contributed by atoms with Crippen LogP contribution >= 0.6 is 11.3 Å². The lowest BCUT2D eigenvalue weighted by atomic mass is 10.2. The van der Waals surface area contributed by atoms with E-state index in [1.807, 2.05) is 35.1 Å². The Morgan fingerprint density at radius 1 is 1.04 bits per heavy atom. The van der Waals surface area contributed by atoms with Gasteiger partial charge in [0.25, 0.3) is 10.0 Å². The Kier molecular flexibility index (Phi) is 4.77. The second-order valence-electron chi connectivity index (χ2n) is 4.92. The Labute approximate surface area is 147 Å². The fourth-order valence-electron chi connectivity index (χ4n) is 1.99. The largest absolute Gasteiger partial charge is 0.334 e. The van der Waals surface area contributed by atoms with Crippen LogP contribution in [0.3, 0.4) is 0 Å². The third kappa shape index (κ3) is 4.20. The van der Waals surface area contributed by atoms with Gasteiger partial charge in [-0.2, -0.15) is 0 Å². The van der Waals surface area contributed by atoms with Crippen LogP contribution in [-0.4, -0.2) is 19.4 Å². The van der Waals surface area contributed by atoms with E-state index in [9.17, 15) is 17.6 Å². The summed E-state index contributed by atoms with van der Waals surface area (Å²) in [6.07, 6.45) is 0. The number of thiazole rings is 1. The smallest absolute Gasteiger partial charge is 0.283 e. The number of anilines is 1. The Hall–Kier alpha value is -2.78. The fraction of sp³-hybridized carbons (Fsp3) is 0. The Morgan fingerprint density at radius 2 is 1.72 bits per heavy atom. The third-order valence-electron chi connectivity index (χ3n) is 3.15. The number of sulfonamides is 1. The number of rotatable bonds is 4. The highest BCUT2D eigenvalue weighted by Gasteiger charge is 2.18. The van der Waals surface area contributed by atoms with Crippen molar-refractivity contribution in [2.45, 2.75) is 4.90 Å². The molecule has 0 saturated carbocycles. The summed E-state index contributed by atoms with van der Waals surface area (Å²) in [7, 11) is -4.09. The summed E-state index contributed by atoms with van der Waals surface area (Å²) in [4.78, 5) is 15.9. The SMILES string of the molecule is O=C(Nc1nc(-c2ccccc2)cs1)NS(=O)(=O)c1ccc(F)cc1. The molecule has 1 heterocycles. The average molecular weight is 377 g/mol. The van der Waals surface area contributed by atoms with Crippen LogP contribution in [0.25, 0.3) is 11.3 Å². The van der Waals surface area contributed by atoms with Gasteiger partial charge in [0.1, 0.15) is 5.82 Å². The lowest BCUT2D eigenvalue weighted by molar-refractivity contribution is 0.256. The van der Waals surface area contributed by atoms with E-state index in [2.05, 4.69) is 10.3 Å². The van der Waals surface area contributed by atoms with Gasteiger partial charge in [0.05, 0.1) is 10.6 Å². The number of amides is 2. The Morgan fingerprint density at radius 3 is 2.40 bits per heavy atom. The van der Waals surface area contributed by atoms with E-state index in [-0.39, 0.29) is 10.0 Å². The van der Waals surface area contributed by atoms with Crippen LogP contribution in [0.1, 0.15) is 0 Å². The second kappa shape index (κ2) is 6.99. The highest BCUT2D eigenvalue weighted by Crippen LogP contribution is 2.24. The van der Waals surface area contributed by atoms with Gasteiger partial charge in [-0.15, -0.1) is 11.3 Å². The molecule has 3 rings (SSSR count). The molecule has 0 aliphatic carbocycles. The first kappa shape index (κ1) is 17.1. The highest BCUT2D eigenvalue weighted by atomic mass is 32.2. The lowest BCUT2D eigenvalue weighted by Crippen LogP contribution is -2.34. The van der Waals surface area contributed by atoms with E-state index in [0.717, 1.165) is 29.8 Å². The third-order valence-corrected chi connectivity index (χ3v) is 5.25. The van der Waals surface area contributed by atoms with E-state index in [1.165, 1.54) is 11.3 Å². The van der Waals surface area contributed by atoms with Gasteiger partial charge in [0.15, 0.2) is 5.13 Å². The average Bonchev–Trinajstić information content (AvgIpc) is 3.04. The van der Waals surface area contributed by atoms with Gasteiger partial charge in [0.2, 0.25) is 0 Å². The summed E-state index contributed by atoms with van der Waals surface area (Å²) in [5, 5.41) is 4.38. The van der Waals surface area contributed by atoms with Gasteiger partial charge >= 0.3 is 6.03 Å². The van der Waals surface area contributed by atoms with Crippen LogP contribution in [0.5, 0.6) is 0 Å². The topological polar surface area (TPSA) is 88.2 Å². The molecule has 0 fully saturated rings. The molecule has 2 aromatic carbocycles. The molecule has 0 saturated heterocycles. The highest BCUT2D eigenvalue weighted by molar-refractivity contribution is 7.90. The monoisotopic (exact) mass is 377 g/mol. The lowest BCUT2D eigenvalue weighted by Gasteiger charge is -2.06. The summed E-state index contributed by atoms with van der Waals surface area (Å²) in [5.41, 5.74) is 1.55. The summed E-state index contributed by atoms with van der Waals surface area (Å²) >= 11 is 1.17. The maximum Gasteiger partial charge on any atom is 0.334 e. The standard InChI is InChI=1S/C16H12FN3O3S2/c17-12-6-8-13(9-7-12)25(22,23)20-15(21)19-16-18-14(10-24-16)11-4-2-1-3-5-11/h1-10H,(H2,18,19,20,21). The number of halogens is 1. The molecule has 9 heteroatoms. The van der Waals surface area contributed by atoms with Gasteiger partial charge in [-0.05, 0) is 24.3 Å². The molecule has 0 aliphatic rings. The van der Waals surface area contributed by atoms with Crippen molar-refractivity contribution in [3.63, 3.8) is 0 Å². The molecule has 0 spiro atoms. The number of carbonyl (C=O) groups excluding carboxylic acids is 1. The molecular weight excluding hydrogens is 365 g/mol. The quantitative estimate of drug-likeness (QED) is 0.729. The molecule has 0 bridgehead atoms. The molecule has 25 heavy (non-hydrogen) atoms. The number of nitrogens with zero attached hydrogens (tertiary/aromatic N) is 1. The van der Waals surface area contributed by atoms with Crippen molar-refractivity contribution >= 4 is 32.5 Å². The van der Waals surface area contributed by atoms with E-state index in [0.29, 0.717) is 5.69 Å². The zero-order valence-corrected chi connectivity index (χ0v) is 14.3. The Bertz CT molecular complexity index is 987. The van der Waals surface area contributed by atoms with E-state index < -0.39 is 21.9 Å². The van der Waals surface area contributed by atoms with Gasteiger partial charge in [-0.1, -0.05) is 30.3 Å². The van der Waals surface area contributed by atoms with Crippen LogP contribution in [0.2, 0.25) is 0 Å². The second-order valence-corrected chi connectivity index (χ2v) is 7.46. The van der Waals surface area contributed by atoms with Crippen LogP contribution in [0.15, 0.2) is 64.9 Å². The van der Waals surface area contributed by atoms with Gasteiger partial charge in [0, 0.05) is 10.9 Å². The molecule has 0 unspecified atom stereocenters. The number of carbonyl (C=O) groups is 1. The summed E-state index contributed by atoms with van der Waals surface area (Å²) in [5.74, 6) is -0.570. The van der Waals surface area contributed by atoms with Crippen molar-refractivity contribution in [3.8, 4) is 11.3 Å². The number of hydrogen-bond acceptors (Lipinski definition) is 5. The minimum Gasteiger partial charge on any atom is -0.283 e. The molecule has 3 aromatic rings. The Balaban J connectivity index is 1.69. The molecule has 0 radical (unpaired) electrons. The van der Waals surface area contributed by atoms with Crippen molar-refractivity contribution in [2.24, 2.45) is 0 Å². The normalized spacial score (nSPS) is 11.1. The van der Waals surface area contributed by atoms with E-state index in [1.54, 1.807) is 5.38 Å². The summed E-state index contributed by atoms with van der Waals surface area (Å²) in [6, 6.07) is 12.5. The number of benzene rings is 2. The number of nitrogens with one attached hydrogen (secondary N) is 2. The zero-order chi connectivity index (χ0) is 17.9. The van der Waals surface area contributed by atoms with Crippen LogP contribution in [-0.2, 0) is 10.0 Å². The van der Waals surface area contributed by atoms with Crippen molar-refractivity contribution in [3.05, 3.63) is 65.8 Å². The van der Waals surface area contributed by atoms with Crippen LogP contribution in [0, 0.1) is 5.82 Å². The first-order valence-corrected chi connectivity index (χ1v) is 9.41. The van der Waals surface area contributed by atoms with E-state index >= 15 is 0 Å². The number of aromatic nitrogens is 1. The van der Waals surface area contributed by atoms with E-state index in [4.69, 9.17) is 0 Å². The van der Waals surface area contributed by atoms with Gasteiger partial charge in [-0.25, -0.2) is 27.3 Å². The first-order valence-electron chi connectivity index (χ1n) is 7.04. The molecule has 0 atom stereocenters. The molecular formula is C16H12FN3O3S2. The fourth-order valence-corrected chi connectivity index (χ4v) is 3.61. The summed E-state index contributed by atoms with van der Waals surface area (Å²) < 4.78 is 38.8. The van der Waals surface area contributed by atoms with Gasteiger partial charge < -0.3 is 0 Å². The van der Waals surface area contributed by atoms with Crippen molar-refractivity contribution in [2.75, 3.05) is 5.32 Å². The van der Waals surface area contributed by atoms with Crippen molar-refractivity contribution in [1.82, 2.24) is 9.71 Å². The number of hydrogen-bond donors (Lipinski definition) is 2. The minimum atomic E-state index is -4.09. The number of urea groups is 1. The van der Waals surface area contributed by atoms with Crippen molar-refractivity contribution in [1.29, 1.82) is 0 Å². The van der Waals surface area contributed by atoms with Gasteiger partial charge in [-0.3, -0.25) is 5.32 Å². The van der Waals surface area contributed by atoms with Crippen molar-refractivity contribution < 1.29 is 17.6 Å². The zero-order valence-electron chi connectivity index (χ0n) is 12.6. The van der Waals surface area contributed by atoms with Crippen LogP contribution in [0.4, 0.5) is 14.3 Å². The molecule has 1 aromatic heterocycles. The maximum atomic E-state index is 12.9. The predicted molar refractivity (Wildman–Crippen MR) is 93.3 cm³/mol. The van der Waals surface area contributed by atoms with Crippen LogP contribution < -0.4 is 10.0 Å². The first-order chi connectivity index (χ1) is 11.9. The summed E-state index contributed by atoms with van der Waals surface area (Å²) in [6.45, 7) is 0. The maximum absolute atomic E-state index is 12.9. The molecule has 0 aliphatic heterocycles. The molecule has 6 nitrogen and oxygen atoms in total. The minimum absolute atomic E-state index is 0.215. The molecule has 2 amide bonds.